The number of carbonyl (C=O) groups excluding carboxylic acids is 3. The molecule has 32 heavy (non-hydrogen) atoms. The van der Waals surface area contributed by atoms with Crippen molar-refractivity contribution in [3.63, 3.8) is 0 Å². The van der Waals surface area contributed by atoms with E-state index in [0.717, 1.165) is 35.7 Å². The Hall–Kier alpha value is -3.13. The summed E-state index contributed by atoms with van der Waals surface area (Å²) in [6.45, 7) is 5.36. The summed E-state index contributed by atoms with van der Waals surface area (Å²) in [5.74, 6) is -0.0735. The molecule has 2 saturated heterocycles. The van der Waals surface area contributed by atoms with Crippen LogP contribution in [0.1, 0.15) is 46.6 Å². The molecule has 1 N–H and O–H groups in total. The minimum atomic E-state index is -1.18. The number of amides is 3. The highest BCUT2D eigenvalue weighted by molar-refractivity contribution is 6.12. The van der Waals surface area contributed by atoms with Crippen molar-refractivity contribution < 1.29 is 23.9 Å². The Morgan fingerprint density at radius 2 is 2.03 bits per heavy atom. The fraction of sp³-hybridized carbons (Fsp3) is 0.458. The third-order valence-electron chi connectivity index (χ3n) is 6.84. The second-order valence-electron chi connectivity index (χ2n) is 8.78. The molecule has 2 atom stereocenters. The number of urea groups is 1. The lowest BCUT2D eigenvalue weighted by atomic mass is 9.84. The Labute approximate surface area is 186 Å². The van der Waals surface area contributed by atoms with Gasteiger partial charge in [0.15, 0.2) is 11.3 Å². The highest BCUT2D eigenvalue weighted by atomic mass is 16.5. The number of aryl methyl sites for hydroxylation is 1. The highest BCUT2D eigenvalue weighted by Crippen LogP contribution is 2.41. The van der Waals surface area contributed by atoms with Crippen LogP contribution in [0, 0.1) is 13.8 Å². The van der Waals surface area contributed by atoms with Crippen molar-refractivity contribution in [3.05, 3.63) is 52.8 Å². The Balaban J connectivity index is 1.38. The van der Waals surface area contributed by atoms with E-state index < -0.39 is 17.5 Å². The number of carbonyl (C=O) groups is 3. The second kappa shape index (κ2) is 7.78. The first-order chi connectivity index (χ1) is 15.4. The van der Waals surface area contributed by atoms with Crippen LogP contribution in [-0.2, 0) is 21.6 Å². The van der Waals surface area contributed by atoms with Crippen molar-refractivity contribution in [1.82, 2.24) is 14.8 Å². The number of fused-ring (bicyclic) bond motifs is 2. The zero-order valence-corrected chi connectivity index (χ0v) is 18.3. The summed E-state index contributed by atoms with van der Waals surface area (Å²) in [4.78, 5) is 40.5. The summed E-state index contributed by atoms with van der Waals surface area (Å²) in [5.41, 5.74) is 1.79. The number of imide groups is 1. The number of ketones is 1. The van der Waals surface area contributed by atoms with Gasteiger partial charge >= 0.3 is 6.03 Å². The van der Waals surface area contributed by atoms with Gasteiger partial charge in [0, 0.05) is 42.1 Å². The maximum atomic E-state index is 13.4. The summed E-state index contributed by atoms with van der Waals surface area (Å²) in [6, 6.07) is 8.50. The van der Waals surface area contributed by atoms with E-state index in [9.17, 15) is 14.4 Å². The lowest BCUT2D eigenvalue weighted by Crippen LogP contribution is -2.47. The summed E-state index contributed by atoms with van der Waals surface area (Å²) >= 11 is 0. The summed E-state index contributed by atoms with van der Waals surface area (Å²) in [7, 11) is 0. The molecule has 3 aliphatic rings. The average Bonchev–Trinajstić information content (AvgIpc) is 3.46. The number of ether oxygens (including phenoxy) is 2. The van der Waals surface area contributed by atoms with Crippen molar-refractivity contribution in [3.8, 4) is 5.75 Å². The normalized spacial score (nSPS) is 24.6. The summed E-state index contributed by atoms with van der Waals surface area (Å²) in [6.07, 6.45) is 2.55. The molecule has 5 rings (SSSR count). The number of rotatable bonds is 5. The number of aromatic nitrogens is 1. The van der Waals surface area contributed by atoms with E-state index in [4.69, 9.17) is 9.47 Å². The van der Waals surface area contributed by atoms with Gasteiger partial charge in [0.1, 0.15) is 5.75 Å². The zero-order valence-electron chi connectivity index (χ0n) is 18.3. The van der Waals surface area contributed by atoms with Crippen LogP contribution in [0.4, 0.5) is 4.79 Å². The molecule has 0 unspecified atom stereocenters. The van der Waals surface area contributed by atoms with Gasteiger partial charge in [-0.2, -0.15) is 0 Å². The maximum absolute atomic E-state index is 13.4. The summed E-state index contributed by atoms with van der Waals surface area (Å²) in [5, 5.41) is 2.85. The van der Waals surface area contributed by atoms with E-state index in [1.807, 2.05) is 32.0 Å². The number of para-hydroxylation sites is 1. The molecule has 1 aromatic carbocycles. The number of nitrogens with zero attached hydrogens (tertiary/aromatic N) is 2. The van der Waals surface area contributed by atoms with Gasteiger partial charge in [-0.15, -0.1) is 0 Å². The molecule has 2 aromatic rings. The molecule has 1 aromatic heterocycles. The Bertz CT molecular complexity index is 1100. The SMILES string of the molecule is Cc1cc(C(=O)CN2C(=O)N[C@@]3(CCOc4ccccc43)C2=O)c(C)n1C[C@H]1CCCO1. The van der Waals surface area contributed by atoms with E-state index in [1.54, 1.807) is 12.1 Å². The lowest BCUT2D eigenvalue weighted by Gasteiger charge is -2.33. The first kappa shape index (κ1) is 20.8. The maximum Gasteiger partial charge on any atom is 0.325 e. The number of hydrogen-bond donors (Lipinski definition) is 1. The molecule has 0 radical (unpaired) electrons. The molecule has 0 saturated carbocycles. The molecule has 3 aliphatic heterocycles. The average molecular weight is 437 g/mol. The van der Waals surface area contributed by atoms with Crippen LogP contribution in [0.3, 0.4) is 0 Å². The number of nitrogens with one attached hydrogen (secondary N) is 1. The molecule has 168 valence electrons. The van der Waals surface area contributed by atoms with Crippen LogP contribution in [0.15, 0.2) is 30.3 Å². The first-order valence-electron chi connectivity index (χ1n) is 11.1. The third kappa shape index (κ3) is 3.21. The highest BCUT2D eigenvalue weighted by Gasteiger charge is 2.55. The molecule has 8 nitrogen and oxygen atoms in total. The largest absolute Gasteiger partial charge is 0.493 e. The Kier molecular flexibility index (Phi) is 5.04. The predicted octanol–water partition coefficient (Wildman–Crippen LogP) is 2.70. The van der Waals surface area contributed by atoms with Gasteiger partial charge in [0.25, 0.3) is 5.91 Å². The van der Waals surface area contributed by atoms with E-state index >= 15 is 0 Å². The van der Waals surface area contributed by atoms with Crippen molar-refractivity contribution in [2.24, 2.45) is 0 Å². The van der Waals surface area contributed by atoms with Crippen LogP contribution in [0.25, 0.3) is 0 Å². The van der Waals surface area contributed by atoms with Crippen LogP contribution >= 0.6 is 0 Å². The predicted molar refractivity (Wildman–Crippen MR) is 116 cm³/mol. The molecule has 2 fully saturated rings. The Morgan fingerprint density at radius 1 is 1.22 bits per heavy atom. The summed E-state index contributed by atoms with van der Waals surface area (Å²) < 4.78 is 13.5. The smallest absolute Gasteiger partial charge is 0.325 e. The van der Waals surface area contributed by atoms with Gasteiger partial charge in [0.2, 0.25) is 0 Å². The molecular weight excluding hydrogens is 410 g/mol. The van der Waals surface area contributed by atoms with Crippen molar-refractivity contribution in [2.75, 3.05) is 19.8 Å². The fourth-order valence-electron chi connectivity index (χ4n) is 5.10. The van der Waals surface area contributed by atoms with E-state index in [-0.39, 0.29) is 18.4 Å². The fourth-order valence-corrected chi connectivity index (χ4v) is 5.10. The van der Waals surface area contributed by atoms with Crippen molar-refractivity contribution >= 4 is 17.7 Å². The number of Topliss-reactive ketones (excluding diaryl/α,β-unsaturated/α-hetero) is 1. The molecule has 8 heteroatoms. The van der Waals surface area contributed by atoms with Crippen molar-refractivity contribution in [2.45, 2.75) is 51.3 Å². The van der Waals surface area contributed by atoms with Crippen LogP contribution in [0.5, 0.6) is 5.75 Å². The van der Waals surface area contributed by atoms with Gasteiger partial charge in [-0.25, -0.2) is 4.79 Å². The van der Waals surface area contributed by atoms with Gasteiger partial charge in [-0.3, -0.25) is 14.5 Å². The number of hydrogen-bond acceptors (Lipinski definition) is 5. The van der Waals surface area contributed by atoms with Crippen LogP contribution < -0.4 is 10.1 Å². The minimum Gasteiger partial charge on any atom is -0.493 e. The van der Waals surface area contributed by atoms with E-state index in [0.29, 0.717) is 36.4 Å². The number of benzene rings is 1. The zero-order chi connectivity index (χ0) is 22.5. The molecular formula is C24H27N3O5. The topological polar surface area (TPSA) is 89.9 Å². The Morgan fingerprint density at radius 3 is 2.81 bits per heavy atom. The quantitative estimate of drug-likeness (QED) is 0.574. The standard InChI is InChI=1S/C24H27N3O5/c1-15-12-18(16(2)26(15)13-17-6-5-10-31-17)20(28)14-27-22(29)24(25-23(27)30)9-11-32-21-8-4-3-7-19(21)24/h3-4,7-8,12,17H,5-6,9-11,13-14H2,1-2H3,(H,25,30)/t17-,24-/m1/s1. The first-order valence-corrected chi connectivity index (χ1v) is 11.1. The molecule has 3 amide bonds. The van der Waals surface area contributed by atoms with Gasteiger partial charge in [-0.1, -0.05) is 18.2 Å². The van der Waals surface area contributed by atoms with Gasteiger partial charge < -0.3 is 19.4 Å². The molecule has 0 aliphatic carbocycles. The monoisotopic (exact) mass is 437 g/mol. The molecule has 0 bridgehead atoms. The van der Waals surface area contributed by atoms with Crippen LogP contribution in [0.2, 0.25) is 0 Å². The molecule has 1 spiro atoms. The van der Waals surface area contributed by atoms with Gasteiger partial charge in [0.05, 0.1) is 19.3 Å². The minimum absolute atomic E-state index is 0.155. The van der Waals surface area contributed by atoms with Crippen LogP contribution in [-0.4, -0.2) is 53.1 Å². The van der Waals surface area contributed by atoms with Crippen molar-refractivity contribution in [1.29, 1.82) is 0 Å². The lowest BCUT2D eigenvalue weighted by molar-refractivity contribution is -0.132. The second-order valence-corrected chi connectivity index (χ2v) is 8.78. The third-order valence-corrected chi connectivity index (χ3v) is 6.84. The van der Waals surface area contributed by atoms with Gasteiger partial charge in [-0.05, 0) is 38.8 Å². The van der Waals surface area contributed by atoms with E-state index in [2.05, 4.69) is 9.88 Å². The molecule has 4 heterocycles. The van der Waals surface area contributed by atoms with E-state index in [1.165, 1.54) is 0 Å².